The standard InChI is InChI=1S/C55H27N9O2/c56-28-32-19-33(29-57)22-40(21-32)38-15-17-44-47(25-38)65-49-27-46-50(52-51(49)63(44)45-18-16-39(26-48(45)66-52)41-23-34(30-58)20-35(24-41)31-59)42-13-7-8-14-43(42)64(46)55-61-53(36-9-3-1-4-10-36)60-54(62-55)37-11-5-2-6-12-37/h1-27H. The van der Waals surface area contributed by atoms with Crippen molar-refractivity contribution in [2.75, 3.05) is 4.90 Å². The quantitative estimate of drug-likeness (QED) is 0.163. The van der Waals surface area contributed by atoms with Gasteiger partial charge in [0.2, 0.25) is 5.95 Å². The van der Waals surface area contributed by atoms with Gasteiger partial charge in [0, 0.05) is 22.6 Å². The summed E-state index contributed by atoms with van der Waals surface area (Å²) in [5.41, 5.74) is 9.75. The molecule has 0 amide bonds. The Hall–Kier alpha value is -10.1. The van der Waals surface area contributed by atoms with Gasteiger partial charge in [-0.2, -0.15) is 31.0 Å². The predicted octanol–water partition coefficient (Wildman–Crippen LogP) is 12.8. The van der Waals surface area contributed by atoms with Crippen LogP contribution in [0.3, 0.4) is 0 Å². The maximum absolute atomic E-state index is 9.84. The highest BCUT2D eigenvalue weighted by Crippen LogP contribution is 2.63. The number of aromatic nitrogens is 4. The van der Waals surface area contributed by atoms with Crippen molar-refractivity contribution >= 4 is 38.9 Å². The van der Waals surface area contributed by atoms with Gasteiger partial charge in [-0.05, 0) is 89.0 Å². The molecule has 11 heteroatoms. The van der Waals surface area contributed by atoms with E-state index in [1.807, 2.05) is 126 Å². The van der Waals surface area contributed by atoms with Crippen LogP contribution in [0.5, 0.6) is 23.0 Å². The number of rotatable bonds is 5. The Morgan fingerprint density at radius 1 is 0.409 bits per heavy atom. The van der Waals surface area contributed by atoms with Gasteiger partial charge in [0.05, 0.1) is 74.3 Å². The number of benzene rings is 8. The Balaban J connectivity index is 1.13. The van der Waals surface area contributed by atoms with Gasteiger partial charge in [-0.1, -0.05) is 91.0 Å². The summed E-state index contributed by atoms with van der Waals surface area (Å²) in [5, 5.41) is 41.0. The van der Waals surface area contributed by atoms with E-state index in [9.17, 15) is 21.0 Å². The minimum atomic E-state index is 0.372. The molecule has 2 aliphatic rings. The zero-order valence-corrected chi connectivity index (χ0v) is 34.4. The lowest BCUT2D eigenvalue weighted by Gasteiger charge is -2.38. The molecular formula is C55H27N9O2. The lowest BCUT2D eigenvalue weighted by molar-refractivity contribution is 0.450. The number of para-hydroxylation sites is 1. The van der Waals surface area contributed by atoms with E-state index < -0.39 is 0 Å². The SMILES string of the molecule is N#Cc1cc(C#N)cc(-c2ccc3c(c2)Oc2cc4c(c5c2N3c2ccc(-c3cc(C#N)cc(C#N)c3)cc2O5)c2ccccc2n4-c2nc(-c3ccccc3)nc(-c3ccccc3)n2)c1. The van der Waals surface area contributed by atoms with Gasteiger partial charge in [-0.3, -0.25) is 9.47 Å². The fraction of sp³-hybridized carbons (Fsp3) is 0. The summed E-state index contributed by atoms with van der Waals surface area (Å²) in [6.07, 6.45) is 0. The van der Waals surface area contributed by atoms with E-state index in [2.05, 4.69) is 35.2 Å². The minimum Gasteiger partial charge on any atom is -0.453 e. The molecule has 66 heavy (non-hydrogen) atoms. The van der Waals surface area contributed by atoms with E-state index in [1.165, 1.54) is 0 Å². The normalized spacial score (nSPS) is 11.8. The van der Waals surface area contributed by atoms with Crippen molar-refractivity contribution < 1.29 is 9.47 Å². The Labute approximate surface area is 376 Å². The van der Waals surface area contributed by atoms with Gasteiger partial charge in [0.1, 0.15) is 5.69 Å². The highest BCUT2D eigenvalue weighted by Gasteiger charge is 2.38. The third-order valence-electron chi connectivity index (χ3n) is 11.8. The van der Waals surface area contributed by atoms with Crippen molar-refractivity contribution in [1.82, 2.24) is 19.5 Å². The molecule has 0 aliphatic carbocycles. The van der Waals surface area contributed by atoms with Crippen molar-refractivity contribution in [3.05, 3.63) is 186 Å². The van der Waals surface area contributed by atoms with E-state index in [4.69, 9.17) is 24.4 Å². The molecule has 0 radical (unpaired) electrons. The van der Waals surface area contributed by atoms with Crippen molar-refractivity contribution in [3.63, 3.8) is 0 Å². The Kier molecular flexibility index (Phi) is 8.44. The average Bonchev–Trinajstić information content (AvgIpc) is 3.72. The molecule has 0 spiro atoms. The van der Waals surface area contributed by atoms with Crippen LogP contribution in [0.2, 0.25) is 0 Å². The Morgan fingerprint density at radius 3 is 1.44 bits per heavy atom. The van der Waals surface area contributed by atoms with Gasteiger partial charge in [0.15, 0.2) is 34.6 Å². The first kappa shape index (κ1) is 37.7. The number of hydrogen-bond acceptors (Lipinski definition) is 10. The summed E-state index contributed by atoms with van der Waals surface area (Å²) < 4.78 is 16.1. The highest BCUT2D eigenvalue weighted by molar-refractivity contribution is 6.17. The van der Waals surface area contributed by atoms with Crippen LogP contribution in [-0.4, -0.2) is 19.5 Å². The summed E-state index contributed by atoms with van der Waals surface area (Å²) in [7, 11) is 0. The molecule has 2 aromatic heterocycles. The van der Waals surface area contributed by atoms with Crippen molar-refractivity contribution in [2.24, 2.45) is 0 Å². The molecule has 0 N–H and O–H groups in total. The van der Waals surface area contributed by atoms with Crippen LogP contribution in [0.4, 0.5) is 17.1 Å². The highest BCUT2D eigenvalue weighted by atomic mass is 16.5. The number of ether oxygens (including phenoxy) is 2. The second kappa shape index (κ2) is 14.8. The fourth-order valence-corrected chi connectivity index (χ4v) is 8.93. The van der Waals surface area contributed by atoms with Crippen LogP contribution in [0.25, 0.3) is 72.8 Å². The Bertz CT molecular complexity index is 3760. The molecular weight excluding hydrogens is 819 g/mol. The van der Waals surface area contributed by atoms with Crippen molar-refractivity contribution in [1.29, 1.82) is 21.0 Å². The van der Waals surface area contributed by atoms with Crippen molar-refractivity contribution in [2.45, 2.75) is 0 Å². The lowest BCUT2D eigenvalue weighted by atomic mass is 9.97. The predicted molar refractivity (Wildman–Crippen MR) is 250 cm³/mol. The molecule has 0 saturated heterocycles. The molecule has 4 heterocycles. The smallest absolute Gasteiger partial charge is 0.238 e. The number of hydrogen-bond donors (Lipinski definition) is 0. The molecule has 10 aromatic rings. The van der Waals surface area contributed by atoms with Gasteiger partial charge in [-0.25, -0.2) is 4.98 Å². The van der Waals surface area contributed by atoms with E-state index in [0.717, 1.165) is 49.9 Å². The number of fused-ring (bicyclic) bond motifs is 8. The molecule has 0 fully saturated rings. The topological polar surface area (TPSA) is 160 Å². The van der Waals surface area contributed by atoms with Gasteiger partial charge < -0.3 is 9.47 Å². The molecule has 0 atom stereocenters. The third kappa shape index (κ3) is 5.98. The monoisotopic (exact) mass is 845 g/mol. The minimum absolute atomic E-state index is 0.372. The third-order valence-corrected chi connectivity index (χ3v) is 11.8. The number of nitriles is 4. The molecule has 0 bridgehead atoms. The van der Waals surface area contributed by atoms with Gasteiger partial charge in [-0.15, -0.1) is 0 Å². The summed E-state index contributed by atoms with van der Waals surface area (Å²) in [6, 6.07) is 60.2. The van der Waals surface area contributed by atoms with E-state index in [-0.39, 0.29) is 0 Å². The van der Waals surface area contributed by atoms with Crippen LogP contribution in [0.15, 0.2) is 164 Å². The maximum atomic E-state index is 9.84. The van der Waals surface area contributed by atoms with Gasteiger partial charge >= 0.3 is 0 Å². The molecule has 304 valence electrons. The lowest BCUT2D eigenvalue weighted by Crippen LogP contribution is -2.20. The van der Waals surface area contributed by atoms with Crippen LogP contribution in [0, 0.1) is 45.3 Å². The summed E-state index contributed by atoms with van der Waals surface area (Å²) in [6.45, 7) is 0. The largest absolute Gasteiger partial charge is 0.453 e. The van der Waals surface area contributed by atoms with Crippen LogP contribution < -0.4 is 14.4 Å². The molecule has 8 aromatic carbocycles. The van der Waals surface area contributed by atoms with E-state index >= 15 is 0 Å². The van der Waals surface area contributed by atoms with Crippen molar-refractivity contribution in [3.8, 4) is 98.3 Å². The first-order valence-corrected chi connectivity index (χ1v) is 20.8. The Morgan fingerprint density at radius 2 is 0.909 bits per heavy atom. The van der Waals surface area contributed by atoms with Crippen LogP contribution >= 0.6 is 0 Å². The van der Waals surface area contributed by atoms with Gasteiger partial charge in [0.25, 0.3) is 0 Å². The molecule has 0 unspecified atom stereocenters. The second-order valence-electron chi connectivity index (χ2n) is 15.8. The van der Waals surface area contributed by atoms with E-state index in [1.54, 1.807) is 36.4 Å². The summed E-state index contributed by atoms with van der Waals surface area (Å²) >= 11 is 0. The maximum Gasteiger partial charge on any atom is 0.238 e. The second-order valence-corrected chi connectivity index (χ2v) is 15.8. The summed E-state index contributed by atoms with van der Waals surface area (Å²) in [5.74, 6) is 3.52. The number of nitrogens with zero attached hydrogens (tertiary/aromatic N) is 9. The molecule has 11 nitrogen and oxygen atoms in total. The summed E-state index contributed by atoms with van der Waals surface area (Å²) in [4.78, 5) is 17.4. The van der Waals surface area contributed by atoms with Crippen LogP contribution in [0.1, 0.15) is 22.3 Å². The number of anilines is 3. The van der Waals surface area contributed by atoms with Crippen LogP contribution in [-0.2, 0) is 0 Å². The molecule has 0 saturated carbocycles. The first-order chi connectivity index (χ1) is 32.5. The zero-order valence-electron chi connectivity index (χ0n) is 34.4. The average molecular weight is 846 g/mol. The fourth-order valence-electron chi connectivity index (χ4n) is 8.93. The first-order valence-electron chi connectivity index (χ1n) is 20.8. The zero-order chi connectivity index (χ0) is 44.5. The van der Waals surface area contributed by atoms with E-state index in [0.29, 0.717) is 85.2 Å². The molecule has 12 rings (SSSR count). The molecule has 2 aliphatic heterocycles.